The number of nitrogens with one attached hydrogen (secondary N) is 1. The van der Waals surface area contributed by atoms with Crippen LogP contribution < -0.4 is 5.32 Å². The van der Waals surface area contributed by atoms with Crippen molar-refractivity contribution in [2.24, 2.45) is 4.99 Å². The molecule has 2 amide bonds. The van der Waals surface area contributed by atoms with Crippen LogP contribution in [0.5, 0.6) is 0 Å². The van der Waals surface area contributed by atoms with Crippen LogP contribution in [0, 0.1) is 0 Å². The molecule has 5 heteroatoms. The van der Waals surface area contributed by atoms with E-state index in [2.05, 4.69) is 17.2 Å². The predicted molar refractivity (Wildman–Crippen MR) is 146 cm³/mol. The molecular formula is C31H36N2O3. The van der Waals surface area contributed by atoms with Crippen molar-refractivity contribution in [1.82, 2.24) is 5.32 Å². The lowest BCUT2D eigenvalue weighted by atomic mass is 9.97. The van der Waals surface area contributed by atoms with Gasteiger partial charge in [0.2, 0.25) is 0 Å². The van der Waals surface area contributed by atoms with Crippen molar-refractivity contribution in [3.05, 3.63) is 95.6 Å². The van der Waals surface area contributed by atoms with Gasteiger partial charge in [0, 0.05) is 18.7 Å². The van der Waals surface area contributed by atoms with E-state index in [9.17, 15) is 9.59 Å². The van der Waals surface area contributed by atoms with E-state index in [1.807, 2.05) is 93.6 Å². The van der Waals surface area contributed by atoms with Gasteiger partial charge in [0.1, 0.15) is 5.60 Å². The Morgan fingerprint density at radius 1 is 0.889 bits per heavy atom. The molecule has 0 unspecified atom stereocenters. The van der Waals surface area contributed by atoms with Crippen molar-refractivity contribution >= 4 is 17.7 Å². The molecule has 36 heavy (non-hydrogen) atoms. The van der Waals surface area contributed by atoms with Crippen molar-refractivity contribution in [1.29, 1.82) is 0 Å². The van der Waals surface area contributed by atoms with E-state index >= 15 is 0 Å². The Morgan fingerprint density at radius 3 is 2.19 bits per heavy atom. The van der Waals surface area contributed by atoms with Crippen molar-refractivity contribution in [2.75, 3.05) is 0 Å². The largest absolute Gasteiger partial charge is 0.456 e. The first-order valence-electron chi connectivity index (χ1n) is 12.5. The molecule has 0 saturated carbocycles. The molecule has 0 aliphatic carbocycles. The van der Waals surface area contributed by atoms with Crippen LogP contribution in [0.15, 0.2) is 83.9 Å². The molecule has 3 aromatic rings. The highest BCUT2D eigenvalue weighted by Gasteiger charge is 2.21. The lowest BCUT2D eigenvalue weighted by Gasteiger charge is -2.21. The van der Waals surface area contributed by atoms with Crippen LogP contribution >= 0.6 is 0 Å². The lowest BCUT2D eigenvalue weighted by molar-refractivity contribution is 0.00703. The summed E-state index contributed by atoms with van der Waals surface area (Å²) in [7, 11) is 0. The number of aliphatic imine (C=N–C) groups is 1. The minimum Gasteiger partial charge on any atom is -0.456 e. The van der Waals surface area contributed by atoms with E-state index in [0.29, 0.717) is 12.0 Å². The number of amides is 2. The van der Waals surface area contributed by atoms with Gasteiger partial charge in [0.05, 0.1) is 5.56 Å². The second-order valence-corrected chi connectivity index (χ2v) is 9.85. The van der Waals surface area contributed by atoms with E-state index < -0.39 is 11.6 Å². The number of ether oxygens (including phenoxy) is 1. The minimum absolute atomic E-state index is 0.263. The molecule has 0 bridgehead atoms. The third-order valence-corrected chi connectivity index (χ3v) is 5.56. The Kier molecular flexibility index (Phi) is 9.57. The second kappa shape index (κ2) is 12.8. The quantitative estimate of drug-likeness (QED) is 0.254. The fourth-order valence-corrected chi connectivity index (χ4v) is 3.83. The average Bonchev–Trinajstić information content (AvgIpc) is 2.86. The molecule has 0 radical (unpaired) electrons. The van der Waals surface area contributed by atoms with Gasteiger partial charge in [-0.25, -0.2) is 14.6 Å². The summed E-state index contributed by atoms with van der Waals surface area (Å²) in [5.74, 6) is -0.391. The van der Waals surface area contributed by atoms with Gasteiger partial charge in [-0.15, -0.1) is 0 Å². The number of rotatable bonds is 9. The first-order chi connectivity index (χ1) is 17.2. The number of hydrogen-bond acceptors (Lipinski definition) is 3. The number of carbonyl (C=O) groups is 2. The zero-order valence-electron chi connectivity index (χ0n) is 21.7. The number of unbranched alkanes of at least 4 members (excludes halogenated alkanes) is 1. The highest BCUT2D eigenvalue weighted by molar-refractivity contribution is 5.98. The molecule has 0 aliphatic rings. The Balaban J connectivity index is 1.78. The first-order valence-corrected chi connectivity index (χ1v) is 12.5. The number of urea groups is 1. The van der Waals surface area contributed by atoms with Gasteiger partial charge in [0.15, 0.2) is 0 Å². The standard InChI is InChI=1S/C31H36N2O3/c1-5-6-17-26(20-23-13-9-7-10-14-23)33-30(35)32-22-24-18-19-27(25-15-11-8-12-16-25)28(21-24)29(34)36-31(2,3)4/h7-16,18-19,21H,5-6,17,20,22H2,1-4H3,(H,32,35). The van der Waals surface area contributed by atoms with Crippen LogP contribution in [0.4, 0.5) is 4.79 Å². The average molecular weight is 485 g/mol. The zero-order valence-corrected chi connectivity index (χ0v) is 21.7. The van der Waals surface area contributed by atoms with Gasteiger partial charge in [0.25, 0.3) is 0 Å². The van der Waals surface area contributed by atoms with Crippen molar-refractivity contribution < 1.29 is 14.3 Å². The summed E-state index contributed by atoms with van der Waals surface area (Å²) >= 11 is 0. The molecule has 0 aliphatic heterocycles. The van der Waals surface area contributed by atoms with Gasteiger partial charge < -0.3 is 10.1 Å². The van der Waals surface area contributed by atoms with Crippen LogP contribution in [0.3, 0.4) is 0 Å². The summed E-state index contributed by atoms with van der Waals surface area (Å²) in [6.07, 6.45) is 3.46. The fraction of sp³-hybridized carbons (Fsp3) is 0.323. The summed E-state index contributed by atoms with van der Waals surface area (Å²) in [5, 5.41) is 2.89. The van der Waals surface area contributed by atoms with Crippen LogP contribution in [-0.2, 0) is 17.7 Å². The Labute approximate surface area is 214 Å². The van der Waals surface area contributed by atoms with Gasteiger partial charge in [-0.05, 0) is 61.9 Å². The SMILES string of the molecule is CCCCC(Cc1ccccc1)=NC(=O)NCc1ccc(-c2ccccc2)c(C(=O)OC(C)(C)C)c1. The van der Waals surface area contributed by atoms with Crippen molar-refractivity contribution in [3.63, 3.8) is 0 Å². The van der Waals surface area contributed by atoms with Gasteiger partial charge >= 0.3 is 12.0 Å². The molecule has 3 aromatic carbocycles. The smallest absolute Gasteiger partial charge is 0.341 e. The first kappa shape index (κ1) is 26.9. The fourth-order valence-electron chi connectivity index (χ4n) is 3.83. The number of nitrogens with zero attached hydrogens (tertiary/aromatic N) is 1. The lowest BCUT2D eigenvalue weighted by Crippen LogP contribution is -2.25. The molecule has 1 N–H and O–H groups in total. The predicted octanol–water partition coefficient (Wildman–Crippen LogP) is 7.39. The van der Waals surface area contributed by atoms with E-state index in [4.69, 9.17) is 4.74 Å². The topological polar surface area (TPSA) is 67.8 Å². The van der Waals surface area contributed by atoms with E-state index in [1.165, 1.54) is 0 Å². The summed E-state index contributed by atoms with van der Waals surface area (Å²) < 4.78 is 5.67. The van der Waals surface area contributed by atoms with Gasteiger partial charge in [-0.3, -0.25) is 0 Å². The van der Waals surface area contributed by atoms with Crippen molar-refractivity contribution in [3.8, 4) is 11.1 Å². The van der Waals surface area contributed by atoms with Gasteiger partial charge in [-0.1, -0.05) is 86.1 Å². The number of esters is 1. The molecule has 0 aromatic heterocycles. The number of carbonyl (C=O) groups excluding carboxylic acids is 2. The van der Waals surface area contributed by atoms with Crippen LogP contribution in [0.2, 0.25) is 0 Å². The monoisotopic (exact) mass is 484 g/mol. The minimum atomic E-state index is -0.613. The molecule has 188 valence electrons. The van der Waals surface area contributed by atoms with E-state index in [1.54, 1.807) is 6.07 Å². The van der Waals surface area contributed by atoms with E-state index in [0.717, 1.165) is 47.2 Å². The van der Waals surface area contributed by atoms with Crippen LogP contribution in [0.25, 0.3) is 11.1 Å². The summed E-state index contributed by atoms with van der Waals surface area (Å²) in [6.45, 7) is 7.93. The molecule has 0 fully saturated rings. The normalized spacial score (nSPS) is 11.7. The molecule has 0 heterocycles. The highest BCUT2D eigenvalue weighted by atomic mass is 16.6. The third kappa shape index (κ3) is 8.49. The summed E-state index contributed by atoms with van der Waals surface area (Å²) in [5.41, 5.74) is 4.39. The van der Waals surface area contributed by atoms with Crippen molar-refractivity contribution in [2.45, 2.75) is 65.5 Å². The maximum atomic E-state index is 13.0. The molecule has 0 spiro atoms. The van der Waals surface area contributed by atoms with Crippen LogP contribution in [0.1, 0.15) is 68.4 Å². The Hall–Kier alpha value is -3.73. The molecule has 0 atom stereocenters. The molecule has 5 nitrogen and oxygen atoms in total. The molecule has 0 saturated heterocycles. The maximum absolute atomic E-state index is 13.0. The number of benzene rings is 3. The summed E-state index contributed by atoms with van der Waals surface area (Å²) in [4.78, 5) is 30.1. The molecular weight excluding hydrogens is 448 g/mol. The van der Waals surface area contributed by atoms with Crippen LogP contribution in [-0.4, -0.2) is 23.3 Å². The zero-order chi connectivity index (χ0) is 26.0. The highest BCUT2D eigenvalue weighted by Crippen LogP contribution is 2.27. The Morgan fingerprint density at radius 2 is 1.56 bits per heavy atom. The second-order valence-electron chi connectivity index (χ2n) is 9.85. The molecule has 3 rings (SSSR count). The Bertz CT molecular complexity index is 1180. The summed E-state index contributed by atoms with van der Waals surface area (Å²) in [6, 6.07) is 25.0. The number of hydrogen-bond donors (Lipinski definition) is 1. The third-order valence-electron chi connectivity index (χ3n) is 5.56. The maximum Gasteiger partial charge on any atom is 0.341 e. The van der Waals surface area contributed by atoms with Gasteiger partial charge in [-0.2, -0.15) is 0 Å². The van der Waals surface area contributed by atoms with E-state index in [-0.39, 0.29) is 12.6 Å².